The van der Waals surface area contributed by atoms with E-state index >= 15 is 0 Å². The second-order valence-corrected chi connectivity index (χ2v) is 7.16. The van der Waals surface area contributed by atoms with E-state index in [1.54, 1.807) is 12.5 Å². The van der Waals surface area contributed by atoms with Gasteiger partial charge in [-0.1, -0.05) is 22.9 Å². The van der Waals surface area contributed by atoms with Crippen LogP contribution in [0.2, 0.25) is 0 Å². The number of aliphatic imine (C=N–C) groups is 1. The van der Waals surface area contributed by atoms with Crippen LogP contribution < -0.4 is 5.32 Å². The number of guanidine groups is 1. The van der Waals surface area contributed by atoms with Crippen LogP contribution in [0, 0.1) is 6.92 Å². The zero-order valence-electron chi connectivity index (χ0n) is 16.8. The maximum Gasteiger partial charge on any atom is 0.226 e. The van der Waals surface area contributed by atoms with E-state index in [1.807, 2.05) is 25.2 Å². The predicted molar refractivity (Wildman–Crippen MR) is 110 cm³/mol. The molecular weight excluding hydrogens is 368 g/mol. The smallest absolute Gasteiger partial charge is 0.226 e. The van der Waals surface area contributed by atoms with Crippen LogP contribution in [0.1, 0.15) is 17.0 Å². The largest absolute Gasteiger partial charge is 0.444 e. The highest BCUT2D eigenvalue weighted by Crippen LogP contribution is 2.19. The average molecular weight is 394 g/mol. The van der Waals surface area contributed by atoms with Crippen LogP contribution in [-0.2, 0) is 13.1 Å². The van der Waals surface area contributed by atoms with Crippen molar-refractivity contribution in [2.75, 3.05) is 33.2 Å². The first-order valence-corrected chi connectivity index (χ1v) is 9.80. The molecule has 0 unspecified atom stereocenters. The number of piperazine rings is 1. The van der Waals surface area contributed by atoms with E-state index in [0.717, 1.165) is 55.6 Å². The molecule has 0 spiro atoms. The highest BCUT2D eigenvalue weighted by Gasteiger charge is 2.20. The fourth-order valence-electron chi connectivity index (χ4n) is 3.38. The lowest BCUT2D eigenvalue weighted by molar-refractivity contribution is 0.169. The van der Waals surface area contributed by atoms with Crippen LogP contribution in [-0.4, -0.2) is 59.1 Å². The Hall–Kier alpha value is -3.13. The number of rotatable bonds is 5. The van der Waals surface area contributed by atoms with Crippen molar-refractivity contribution in [3.05, 3.63) is 59.8 Å². The number of aromatic nitrogens is 2. The standard InChI is InChI=1S/C21H26N6O2/c1-16-3-5-17(6-4-16)20-24-19(15-28-20)13-23-21(22-2)27-10-8-26(9-11-27)14-18-7-12-29-25-18/h3-7,12,15H,8-11,13-14H2,1-2H3,(H,22,23). The molecule has 4 rings (SSSR count). The molecule has 0 atom stereocenters. The monoisotopic (exact) mass is 394 g/mol. The molecule has 1 saturated heterocycles. The van der Waals surface area contributed by atoms with Crippen LogP contribution >= 0.6 is 0 Å². The van der Waals surface area contributed by atoms with Crippen LogP contribution in [0.4, 0.5) is 0 Å². The average Bonchev–Trinajstić information content (AvgIpc) is 3.42. The van der Waals surface area contributed by atoms with Gasteiger partial charge < -0.3 is 19.2 Å². The highest BCUT2D eigenvalue weighted by molar-refractivity contribution is 5.80. The molecule has 1 aromatic carbocycles. The van der Waals surface area contributed by atoms with Crippen LogP contribution in [0.3, 0.4) is 0 Å². The zero-order chi connectivity index (χ0) is 20.1. The highest BCUT2D eigenvalue weighted by atomic mass is 16.5. The molecular formula is C21H26N6O2. The quantitative estimate of drug-likeness (QED) is 0.526. The summed E-state index contributed by atoms with van der Waals surface area (Å²) in [5.74, 6) is 1.52. The first-order valence-electron chi connectivity index (χ1n) is 9.80. The zero-order valence-corrected chi connectivity index (χ0v) is 16.8. The van der Waals surface area contributed by atoms with E-state index in [-0.39, 0.29) is 0 Å². The van der Waals surface area contributed by atoms with E-state index in [0.29, 0.717) is 12.4 Å². The topological polar surface area (TPSA) is 82.9 Å². The van der Waals surface area contributed by atoms with Gasteiger partial charge in [0.2, 0.25) is 5.89 Å². The van der Waals surface area contributed by atoms with Gasteiger partial charge in [-0.2, -0.15) is 0 Å². The second-order valence-electron chi connectivity index (χ2n) is 7.16. The van der Waals surface area contributed by atoms with Crippen molar-refractivity contribution < 1.29 is 8.94 Å². The van der Waals surface area contributed by atoms with Crippen molar-refractivity contribution in [3.8, 4) is 11.5 Å². The van der Waals surface area contributed by atoms with Gasteiger partial charge in [-0.25, -0.2) is 4.98 Å². The maximum atomic E-state index is 5.64. The van der Waals surface area contributed by atoms with Crippen molar-refractivity contribution in [2.45, 2.75) is 20.0 Å². The van der Waals surface area contributed by atoms with Crippen LogP contribution in [0.5, 0.6) is 0 Å². The summed E-state index contributed by atoms with van der Waals surface area (Å²) < 4.78 is 10.6. The van der Waals surface area contributed by atoms with Gasteiger partial charge in [0.15, 0.2) is 5.96 Å². The number of oxazole rings is 1. The Morgan fingerprint density at radius 2 is 1.90 bits per heavy atom. The third kappa shape index (κ3) is 4.83. The first-order chi connectivity index (χ1) is 14.2. The minimum absolute atomic E-state index is 0.571. The third-order valence-electron chi connectivity index (χ3n) is 5.04. The third-order valence-corrected chi connectivity index (χ3v) is 5.04. The van der Waals surface area contributed by atoms with E-state index in [1.165, 1.54) is 5.56 Å². The lowest BCUT2D eigenvalue weighted by Crippen LogP contribution is -2.52. The molecule has 1 N–H and O–H groups in total. The molecule has 0 radical (unpaired) electrons. The molecule has 1 aliphatic rings. The number of aryl methyl sites for hydroxylation is 1. The molecule has 1 fully saturated rings. The summed E-state index contributed by atoms with van der Waals surface area (Å²) in [5.41, 5.74) is 4.02. The van der Waals surface area contributed by atoms with Crippen molar-refractivity contribution in [1.82, 2.24) is 25.3 Å². The SMILES string of the molecule is CN=C(NCc1coc(-c2ccc(C)cc2)n1)N1CCN(Cc2ccon2)CC1. The predicted octanol–water partition coefficient (Wildman–Crippen LogP) is 2.53. The molecule has 0 saturated carbocycles. The van der Waals surface area contributed by atoms with E-state index in [4.69, 9.17) is 8.94 Å². The normalized spacial score (nSPS) is 15.7. The molecule has 8 nitrogen and oxygen atoms in total. The Balaban J connectivity index is 1.28. The summed E-state index contributed by atoms with van der Waals surface area (Å²) in [5, 5.41) is 7.39. The molecule has 0 aliphatic carbocycles. The molecule has 152 valence electrons. The number of hydrogen-bond donors (Lipinski definition) is 1. The fourth-order valence-corrected chi connectivity index (χ4v) is 3.38. The van der Waals surface area contributed by atoms with Gasteiger partial charge in [-0.3, -0.25) is 9.89 Å². The fraction of sp³-hybridized carbons (Fsp3) is 0.381. The molecule has 0 bridgehead atoms. The molecule has 3 heterocycles. The molecule has 1 aliphatic heterocycles. The molecule has 8 heteroatoms. The molecule has 2 aromatic heterocycles. The summed E-state index contributed by atoms with van der Waals surface area (Å²) >= 11 is 0. The van der Waals surface area contributed by atoms with Gasteiger partial charge in [0.25, 0.3) is 0 Å². The van der Waals surface area contributed by atoms with Crippen LogP contribution in [0.15, 0.2) is 56.8 Å². The van der Waals surface area contributed by atoms with Gasteiger partial charge >= 0.3 is 0 Å². The summed E-state index contributed by atoms with van der Waals surface area (Å²) in [7, 11) is 1.81. The first kappa shape index (κ1) is 19.2. The summed E-state index contributed by atoms with van der Waals surface area (Å²) in [4.78, 5) is 13.7. The summed E-state index contributed by atoms with van der Waals surface area (Å²) in [6.07, 6.45) is 3.32. The lowest BCUT2D eigenvalue weighted by Gasteiger charge is -2.36. The van der Waals surface area contributed by atoms with E-state index < -0.39 is 0 Å². The van der Waals surface area contributed by atoms with Crippen molar-refractivity contribution in [1.29, 1.82) is 0 Å². The van der Waals surface area contributed by atoms with Gasteiger partial charge in [0, 0.05) is 51.4 Å². The van der Waals surface area contributed by atoms with Gasteiger partial charge in [-0.15, -0.1) is 0 Å². The second kappa shape index (κ2) is 8.91. The minimum atomic E-state index is 0.571. The van der Waals surface area contributed by atoms with Crippen molar-refractivity contribution in [2.24, 2.45) is 4.99 Å². The Labute approximate surface area is 170 Å². The molecule has 3 aromatic rings. The van der Waals surface area contributed by atoms with Gasteiger partial charge in [0.1, 0.15) is 12.5 Å². The number of nitrogens with zero attached hydrogens (tertiary/aromatic N) is 5. The Morgan fingerprint density at radius 1 is 1.10 bits per heavy atom. The number of nitrogens with one attached hydrogen (secondary N) is 1. The maximum absolute atomic E-state index is 5.64. The van der Waals surface area contributed by atoms with E-state index in [2.05, 4.69) is 49.3 Å². The van der Waals surface area contributed by atoms with Crippen molar-refractivity contribution >= 4 is 5.96 Å². The lowest BCUT2D eigenvalue weighted by atomic mass is 10.1. The minimum Gasteiger partial charge on any atom is -0.444 e. The Kier molecular flexibility index (Phi) is 5.90. The summed E-state index contributed by atoms with van der Waals surface area (Å²) in [6, 6.07) is 10.1. The van der Waals surface area contributed by atoms with Gasteiger partial charge in [-0.05, 0) is 19.1 Å². The molecule has 0 amide bonds. The Bertz CT molecular complexity index is 925. The van der Waals surface area contributed by atoms with Crippen molar-refractivity contribution in [3.63, 3.8) is 0 Å². The summed E-state index contributed by atoms with van der Waals surface area (Å²) in [6.45, 7) is 7.17. The van der Waals surface area contributed by atoms with Gasteiger partial charge in [0.05, 0.1) is 17.9 Å². The van der Waals surface area contributed by atoms with E-state index in [9.17, 15) is 0 Å². The molecule has 29 heavy (non-hydrogen) atoms. The number of benzene rings is 1. The Morgan fingerprint density at radius 3 is 2.59 bits per heavy atom. The van der Waals surface area contributed by atoms with Crippen LogP contribution in [0.25, 0.3) is 11.5 Å². The number of hydrogen-bond acceptors (Lipinski definition) is 6.